The van der Waals surface area contributed by atoms with Crippen LogP contribution < -0.4 is 10.5 Å². The summed E-state index contributed by atoms with van der Waals surface area (Å²) >= 11 is 0. The second-order valence-electron chi connectivity index (χ2n) is 3.44. The minimum atomic E-state index is -0.292. The molecule has 2 rings (SSSR count). The summed E-state index contributed by atoms with van der Waals surface area (Å²) in [4.78, 5) is 8.39. The van der Waals surface area contributed by atoms with Gasteiger partial charge in [0, 0.05) is 23.9 Å². The lowest BCUT2D eigenvalue weighted by Crippen LogP contribution is -2.04. The van der Waals surface area contributed by atoms with Crippen LogP contribution in [0.4, 0.5) is 4.39 Å². The van der Waals surface area contributed by atoms with Crippen molar-refractivity contribution in [1.82, 2.24) is 9.97 Å². The summed E-state index contributed by atoms with van der Waals surface area (Å²) in [5.74, 6) is 0.639. The van der Waals surface area contributed by atoms with E-state index in [1.807, 2.05) is 0 Å². The highest BCUT2D eigenvalue weighted by atomic mass is 19.1. The first-order valence-electron chi connectivity index (χ1n) is 5.10. The Kier molecular flexibility index (Phi) is 3.30. The van der Waals surface area contributed by atoms with Gasteiger partial charge in [0.25, 0.3) is 0 Å². The molecule has 2 aromatic rings. The van der Waals surface area contributed by atoms with Crippen LogP contribution in [0.25, 0.3) is 11.4 Å². The first-order chi connectivity index (χ1) is 8.24. The summed E-state index contributed by atoms with van der Waals surface area (Å²) in [5.41, 5.74) is 6.99. The fourth-order valence-electron chi connectivity index (χ4n) is 1.45. The van der Waals surface area contributed by atoms with Crippen LogP contribution in [0.2, 0.25) is 0 Å². The lowest BCUT2D eigenvalue weighted by molar-refractivity contribution is 0.392. The molecule has 0 amide bonds. The summed E-state index contributed by atoms with van der Waals surface area (Å²) in [6, 6.07) is 5.96. The Hall–Kier alpha value is -2.01. The molecule has 0 saturated carbocycles. The monoisotopic (exact) mass is 233 g/mol. The first kappa shape index (κ1) is 11.5. The van der Waals surface area contributed by atoms with Crippen LogP contribution >= 0.6 is 0 Å². The van der Waals surface area contributed by atoms with Crippen LogP contribution in [0.1, 0.15) is 5.56 Å². The van der Waals surface area contributed by atoms with E-state index < -0.39 is 0 Å². The van der Waals surface area contributed by atoms with E-state index in [4.69, 9.17) is 10.5 Å². The van der Waals surface area contributed by atoms with Gasteiger partial charge in [-0.3, -0.25) is 0 Å². The van der Waals surface area contributed by atoms with Gasteiger partial charge < -0.3 is 10.5 Å². The molecule has 0 aliphatic carbocycles. The molecular formula is C12H12FN3O. The highest BCUT2D eigenvalue weighted by Gasteiger charge is 2.07. The molecule has 2 N–H and O–H groups in total. The molecule has 1 heterocycles. The zero-order valence-corrected chi connectivity index (χ0v) is 9.35. The fourth-order valence-corrected chi connectivity index (χ4v) is 1.45. The predicted octanol–water partition coefficient (Wildman–Crippen LogP) is 1.75. The third kappa shape index (κ3) is 2.39. The highest BCUT2D eigenvalue weighted by Crippen LogP contribution is 2.20. The van der Waals surface area contributed by atoms with Crippen molar-refractivity contribution in [1.29, 1.82) is 0 Å². The molecule has 1 aromatic carbocycles. The number of nitrogens with two attached hydrogens (primary N) is 1. The second kappa shape index (κ2) is 4.88. The number of nitrogens with zero attached hydrogens (tertiary/aromatic N) is 2. The molecule has 0 aliphatic heterocycles. The number of benzene rings is 1. The molecule has 0 fully saturated rings. The van der Waals surface area contributed by atoms with Gasteiger partial charge in [0.05, 0.1) is 7.11 Å². The zero-order valence-electron chi connectivity index (χ0n) is 9.35. The van der Waals surface area contributed by atoms with Crippen molar-refractivity contribution in [2.45, 2.75) is 6.54 Å². The van der Waals surface area contributed by atoms with Crippen molar-refractivity contribution in [2.24, 2.45) is 5.73 Å². The molecule has 0 aliphatic rings. The van der Waals surface area contributed by atoms with Gasteiger partial charge in [-0.15, -0.1) is 0 Å². The van der Waals surface area contributed by atoms with Gasteiger partial charge in [0.2, 0.25) is 5.88 Å². The summed E-state index contributed by atoms with van der Waals surface area (Å²) in [7, 11) is 1.52. The predicted molar refractivity (Wildman–Crippen MR) is 61.9 cm³/mol. The Morgan fingerprint density at radius 1 is 1.29 bits per heavy atom. The topological polar surface area (TPSA) is 61.0 Å². The highest BCUT2D eigenvalue weighted by molar-refractivity contribution is 5.55. The number of halogens is 1. The molecule has 4 nitrogen and oxygen atoms in total. The van der Waals surface area contributed by atoms with Crippen LogP contribution in [0.15, 0.2) is 30.5 Å². The Balaban J connectivity index is 2.42. The fraction of sp³-hybridized carbons (Fsp3) is 0.167. The van der Waals surface area contributed by atoms with Crippen molar-refractivity contribution < 1.29 is 9.13 Å². The molecule has 5 heteroatoms. The SMILES string of the molecule is COc1nc(-c2ccc(F)cc2)ncc1CN. The van der Waals surface area contributed by atoms with Gasteiger partial charge in [0.1, 0.15) is 5.82 Å². The minimum Gasteiger partial charge on any atom is -0.481 e. The van der Waals surface area contributed by atoms with Crippen LogP contribution in [-0.4, -0.2) is 17.1 Å². The van der Waals surface area contributed by atoms with E-state index in [0.29, 0.717) is 18.2 Å². The molecule has 0 radical (unpaired) electrons. The van der Waals surface area contributed by atoms with Crippen molar-refractivity contribution in [2.75, 3.05) is 7.11 Å². The molecule has 0 bridgehead atoms. The number of rotatable bonds is 3. The van der Waals surface area contributed by atoms with E-state index in [-0.39, 0.29) is 5.82 Å². The Morgan fingerprint density at radius 3 is 2.59 bits per heavy atom. The van der Waals surface area contributed by atoms with Crippen molar-refractivity contribution in [3.05, 3.63) is 41.8 Å². The van der Waals surface area contributed by atoms with E-state index in [0.717, 1.165) is 11.1 Å². The number of hydrogen-bond acceptors (Lipinski definition) is 4. The third-order valence-electron chi connectivity index (χ3n) is 2.34. The smallest absolute Gasteiger partial charge is 0.221 e. The maximum absolute atomic E-state index is 12.8. The van der Waals surface area contributed by atoms with Crippen LogP contribution in [-0.2, 0) is 6.54 Å². The molecule has 17 heavy (non-hydrogen) atoms. The minimum absolute atomic E-state index is 0.292. The molecule has 0 unspecified atom stereocenters. The van der Waals surface area contributed by atoms with E-state index in [1.165, 1.54) is 19.2 Å². The van der Waals surface area contributed by atoms with Gasteiger partial charge >= 0.3 is 0 Å². The van der Waals surface area contributed by atoms with E-state index in [1.54, 1.807) is 18.3 Å². The standard InChI is InChI=1S/C12H12FN3O/c1-17-12-9(6-14)7-15-11(16-12)8-2-4-10(13)5-3-8/h2-5,7H,6,14H2,1H3. The van der Waals surface area contributed by atoms with Crippen LogP contribution in [0, 0.1) is 5.82 Å². The number of methoxy groups -OCH3 is 1. The molecule has 88 valence electrons. The van der Waals surface area contributed by atoms with Gasteiger partial charge in [-0.05, 0) is 24.3 Å². The largest absolute Gasteiger partial charge is 0.481 e. The van der Waals surface area contributed by atoms with Crippen LogP contribution in [0.5, 0.6) is 5.88 Å². The lowest BCUT2D eigenvalue weighted by atomic mass is 10.2. The van der Waals surface area contributed by atoms with Crippen LogP contribution in [0.3, 0.4) is 0 Å². The van der Waals surface area contributed by atoms with Gasteiger partial charge in [-0.2, -0.15) is 4.98 Å². The van der Waals surface area contributed by atoms with Gasteiger partial charge in [-0.1, -0.05) is 0 Å². The Bertz CT molecular complexity index is 514. The average Bonchev–Trinajstić information content (AvgIpc) is 2.39. The molecule has 0 spiro atoms. The maximum atomic E-state index is 12.8. The Morgan fingerprint density at radius 2 is 2.00 bits per heavy atom. The lowest BCUT2D eigenvalue weighted by Gasteiger charge is -2.07. The average molecular weight is 233 g/mol. The molecule has 1 aromatic heterocycles. The van der Waals surface area contributed by atoms with E-state index in [9.17, 15) is 4.39 Å². The second-order valence-corrected chi connectivity index (χ2v) is 3.44. The quantitative estimate of drug-likeness (QED) is 0.877. The zero-order chi connectivity index (χ0) is 12.3. The van der Waals surface area contributed by atoms with Crippen molar-refractivity contribution in [3.63, 3.8) is 0 Å². The molecular weight excluding hydrogens is 221 g/mol. The maximum Gasteiger partial charge on any atom is 0.221 e. The number of aromatic nitrogens is 2. The number of hydrogen-bond donors (Lipinski definition) is 1. The molecule has 0 atom stereocenters. The van der Waals surface area contributed by atoms with E-state index >= 15 is 0 Å². The third-order valence-corrected chi connectivity index (χ3v) is 2.34. The summed E-state index contributed by atoms with van der Waals surface area (Å²) in [5, 5.41) is 0. The van der Waals surface area contributed by atoms with Crippen molar-refractivity contribution in [3.8, 4) is 17.3 Å². The summed E-state index contributed by atoms with van der Waals surface area (Å²) in [6.45, 7) is 0.312. The Labute approximate surface area is 98.3 Å². The van der Waals surface area contributed by atoms with Gasteiger partial charge in [0.15, 0.2) is 5.82 Å². The van der Waals surface area contributed by atoms with Crippen molar-refractivity contribution >= 4 is 0 Å². The number of ether oxygens (including phenoxy) is 1. The molecule has 0 saturated heterocycles. The summed E-state index contributed by atoms with van der Waals surface area (Å²) in [6.07, 6.45) is 1.62. The van der Waals surface area contributed by atoms with E-state index in [2.05, 4.69) is 9.97 Å². The first-order valence-corrected chi connectivity index (χ1v) is 5.10. The summed E-state index contributed by atoms with van der Waals surface area (Å²) < 4.78 is 17.9. The normalized spacial score (nSPS) is 10.3. The van der Waals surface area contributed by atoms with Gasteiger partial charge in [-0.25, -0.2) is 9.37 Å².